The maximum absolute atomic E-state index is 12.0. The number of benzene rings is 1. The number of halogens is 3. The zero-order chi connectivity index (χ0) is 16.3. The van der Waals surface area contributed by atoms with Crippen molar-refractivity contribution < 1.29 is 4.79 Å². The van der Waals surface area contributed by atoms with E-state index in [0.29, 0.717) is 20.8 Å². The van der Waals surface area contributed by atoms with E-state index in [2.05, 4.69) is 10.4 Å². The highest BCUT2D eigenvalue weighted by atomic mass is 35.5. The summed E-state index contributed by atoms with van der Waals surface area (Å²) in [6.45, 7) is 4.74. The molecule has 2 aromatic rings. The number of carbonyl (C=O) groups is 1. The molecule has 0 radical (unpaired) electrons. The average Bonchev–Trinajstić information content (AvgIpc) is 2.83. The summed E-state index contributed by atoms with van der Waals surface area (Å²) in [4.78, 5) is 12.0. The summed E-state index contributed by atoms with van der Waals surface area (Å²) < 4.78 is 1.85. The fourth-order valence-electron chi connectivity index (χ4n) is 1.90. The Morgan fingerprint density at radius 1 is 1.27 bits per heavy atom. The van der Waals surface area contributed by atoms with Gasteiger partial charge in [0, 0.05) is 23.9 Å². The van der Waals surface area contributed by atoms with Gasteiger partial charge in [-0.05, 0) is 32.1 Å². The molecule has 0 bridgehead atoms. The number of aryl methyl sites for hydroxylation is 1. The van der Waals surface area contributed by atoms with Gasteiger partial charge >= 0.3 is 0 Å². The van der Waals surface area contributed by atoms with Crippen LogP contribution < -0.4 is 5.32 Å². The normalized spacial score (nSPS) is 11.1. The monoisotopic (exact) mass is 357 g/mol. The number of hydrogen-bond donors (Lipinski definition) is 1. The highest BCUT2D eigenvalue weighted by molar-refractivity contribution is 6.44. The van der Waals surface area contributed by atoms with Gasteiger partial charge < -0.3 is 5.32 Å². The molecule has 0 saturated heterocycles. The molecule has 0 unspecified atom stereocenters. The van der Waals surface area contributed by atoms with Crippen molar-refractivity contribution in [2.75, 3.05) is 5.32 Å². The second-order valence-electron chi connectivity index (χ2n) is 4.57. The third-order valence-corrected chi connectivity index (χ3v) is 4.16. The second-order valence-corrected chi connectivity index (χ2v) is 5.79. The van der Waals surface area contributed by atoms with E-state index in [9.17, 15) is 4.79 Å². The maximum Gasteiger partial charge on any atom is 0.248 e. The number of aromatic nitrogens is 2. The summed E-state index contributed by atoms with van der Waals surface area (Å²) in [6.07, 6.45) is 4.84. The number of anilines is 1. The van der Waals surface area contributed by atoms with Gasteiger partial charge in [-0.15, -0.1) is 0 Å². The average molecular weight is 359 g/mol. The molecule has 0 saturated carbocycles. The first kappa shape index (κ1) is 16.9. The lowest BCUT2D eigenvalue weighted by Gasteiger charge is -2.06. The molecule has 1 heterocycles. The van der Waals surface area contributed by atoms with Gasteiger partial charge in [-0.1, -0.05) is 34.8 Å². The Kier molecular flexibility index (Phi) is 5.51. The molecule has 0 fully saturated rings. The number of nitrogens with zero attached hydrogens (tertiary/aromatic N) is 2. The molecule has 7 heteroatoms. The van der Waals surface area contributed by atoms with Gasteiger partial charge in [0.1, 0.15) is 0 Å². The Bertz CT molecular complexity index is 738. The quantitative estimate of drug-likeness (QED) is 0.629. The van der Waals surface area contributed by atoms with Crippen LogP contribution in [0.5, 0.6) is 0 Å². The van der Waals surface area contributed by atoms with Gasteiger partial charge in [0.2, 0.25) is 5.91 Å². The Morgan fingerprint density at radius 3 is 2.59 bits per heavy atom. The van der Waals surface area contributed by atoms with Crippen LogP contribution in [0.3, 0.4) is 0 Å². The lowest BCUT2D eigenvalue weighted by atomic mass is 10.2. The van der Waals surface area contributed by atoms with Crippen molar-refractivity contribution in [3.8, 4) is 0 Å². The molecule has 0 aliphatic heterocycles. The first-order chi connectivity index (χ1) is 10.4. The Morgan fingerprint density at radius 2 is 1.95 bits per heavy atom. The van der Waals surface area contributed by atoms with Gasteiger partial charge in [0.15, 0.2) is 0 Å². The van der Waals surface area contributed by atoms with Crippen LogP contribution in [0.1, 0.15) is 18.2 Å². The van der Waals surface area contributed by atoms with E-state index in [1.54, 1.807) is 12.3 Å². The lowest BCUT2D eigenvalue weighted by Crippen LogP contribution is -2.08. The van der Waals surface area contributed by atoms with E-state index in [4.69, 9.17) is 34.8 Å². The van der Waals surface area contributed by atoms with Gasteiger partial charge in [-0.3, -0.25) is 9.48 Å². The minimum absolute atomic E-state index is 0.316. The standard InChI is InChI=1S/C15H14Cl3N3O/c1-3-21-9(2)10(8-19-21)4-5-15(22)20-14-7-12(17)11(16)6-13(14)18/h4-8H,3H2,1-2H3,(H,20,22)/b5-4+. The topological polar surface area (TPSA) is 46.9 Å². The smallest absolute Gasteiger partial charge is 0.248 e. The fourth-order valence-corrected chi connectivity index (χ4v) is 2.50. The number of hydrogen-bond acceptors (Lipinski definition) is 2. The number of nitrogens with one attached hydrogen (secondary N) is 1. The summed E-state index contributed by atoms with van der Waals surface area (Å²) >= 11 is 17.8. The highest BCUT2D eigenvalue weighted by Crippen LogP contribution is 2.32. The van der Waals surface area contributed by atoms with Crippen LogP contribution in [-0.2, 0) is 11.3 Å². The number of rotatable bonds is 4. The molecule has 0 atom stereocenters. The molecule has 1 amide bonds. The summed E-state index contributed by atoms with van der Waals surface area (Å²) in [6, 6.07) is 3.00. The van der Waals surface area contributed by atoms with Gasteiger partial charge in [0.25, 0.3) is 0 Å². The molecule has 1 N–H and O–H groups in total. The molecular formula is C15H14Cl3N3O. The van der Waals surface area contributed by atoms with Gasteiger partial charge in [-0.2, -0.15) is 5.10 Å². The van der Waals surface area contributed by atoms with Crippen LogP contribution in [-0.4, -0.2) is 15.7 Å². The molecule has 4 nitrogen and oxygen atoms in total. The highest BCUT2D eigenvalue weighted by Gasteiger charge is 2.08. The molecular weight excluding hydrogens is 345 g/mol. The van der Waals surface area contributed by atoms with Crippen LogP contribution in [0, 0.1) is 6.92 Å². The molecule has 0 spiro atoms. The molecule has 1 aromatic carbocycles. The molecule has 116 valence electrons. The zero-order valence-corrected chi connectivity index (χ0v) is 14.3. The van der Waals surface area contributed by atoms with Gasteiger partial charge in [-0.25, -0.2) is 0 Å². The summed E-state index contributed by atoms with van der Waals surface area (Å²) in [5, 5.41) is 7.86. The molecule has 1 aromatic heterocycles. The van der Waals surface area contributed by atoms with E-state index in [1.807, 2.05) is 18.5 Å². The van der Waals surface area contributed by atoms with Gasteiger partial charge in [0.05, 0.1) is 27.0 Å². The Labute approximate surface area is 143 Å². The van der Waals surface area contributed by atoms with E-state index < -0.39 is 0 Å². The largest absolute Gasteiger partial charge is 0.321 e. The van der Waals surface area contributed by atoms with Crippen molar-refractivity contribution in [3.63, 3.8) is 0 Å². The van der Waals surface area contributed by atoms with E-state index in [-0.39, 0.29) is 5.91 Å². The van der Waals surface area contributed by atoms with Crippen molar-refractivity contribution in [2.24, 2.45) is 0 Å². The maximum atomic E-state index is 12.0. The summed E-state index contributed by atoms with van der Waals surface area (Å²) in [7, 11) is 0. The van der Waals surface area contributed by atoms with Crippen molar-refractivity contribution in [1.29, 1.82) is 0 Å². The molecule has 22 heavy (non-hydrogen) atoms. The fraction of sp³-hybridized carbons (Fsp3) is 0.200. The Hall–Kier alpha value is -1.49. The summed E-state index contributed by atoms with van der Waals surface area (Å²) in [5.74, 6) is -0.316. The van der Waals surface area contributed by atoms with Crippen molar-refractivity contribution in [1.82, 2.24) is 9.78 Å². The van der Waals surface area contributed by atoms with Crippen molar-refractivity contribution >= 4 is 52.5 Å². The van der Waals surface area contributed by atoms with Crippen LogP contribution in [0.15, 0.2) is 24.4 Å². The lowest BCUT2D eigenvalue weighted by molar-refractivity contribution is -0.111. The third-order valence-electron chi connectivity index (χ3n) is 3.12. The predicted molar refractivity (Wildman–Crippen MR) is 91.8 cm³/mol. The van der Waals surface area contributed by atoms with Crippen molar-refractivity contribution in [2.45, 2.75) is 20.4 Å². The second kappa shape index (κ2) is 7.18. The molecule has 0 aliphatic carbocycles. The van der Waals surface area contributed by atoms with Crippen LogP contribution in [0.2, 0.25) is 15.1 Å². The van der Waals surface area contributed by atoms with E-state index >= 15 is 0 Å². The van der Waals surface area contributed by atoms with E-state index in [1.165, 1.54) is 18.2 Å². The minimum atomic E-state index is -0.316. The zero-order valence-electron chi connectivity index (χ0n) is 12.0. The molecule has 0 aliphatic rings. The van der Waals surface area contributed by atoms with Crippen LogP contribution in [0.25, 0.3) is 6.08 Å². The summed E-state index contributed by atoms with van der Waals surface area (Å²) in [5.41, 5.74) is 2.29. The van der Waals surface area contributed by atoms with Crippen LogP contribution in [0.4, 0.5) is 5.69 Å². The third kappa shape index (κ3) is 3.83. The SMILES string of the molecule is CCn1ncc(/C=C/C(=O)Nc2cc(Cl)c(Cl)cc2Cl)c1C. The number of carbonyl (C=O) groups excluding carboxylic acids is 1. The minimum Gasteiger partial charge on any atom is -0.321 e. The first-order valence-electron chi connectivity index (χ1n) is 6.58. The van der Waals surface area contributed by atoms with Crippen LogP contribution >= 0.6 is 34.8 Å². The molecule has 2 rings (SSSR count). The van der Waals surface area contributed by atoms with E-state index in [0.717, 1.165) is 17.8 Å². The first-order valence-corrected chi connectivity index (χ1v) is 7.71. The number of amides is 1. The predicted octanol–water partition coefficient (Wildman–Crippen LogP) is 4.82. The Balaban J connectivity index is 2.11. The van der Waals surface area contributed by atoms with Crippen molar-refractivity contribution in [3.05, 3.63) is 50.7 Å².